The first-order valence-corrected chi connectivity index (χ1v) is 5.71. The predicted octanol–water partition coefficient (Wildman–Crippen LogP) is 3.53. The average Bonchev–Trinajstić information content (AvgIpc) is 2.39. The molecule has 0 amide bonds. The lowest BCUT2D eigenvalue weighted by Gasteiger charge is -2.07. The van der Waals surface area contributed by atoms with Crippen molar-refractivity contribution in [2.24, 2.45) is 0 Å². The van der Waals surface area contributed by atoms with Crippen molar-refractivity contribution < 1.29 is 9.53 Å². The van der Waals surface area contributed by atoms with E-state index in [0.717, 1.165) is 11.4 Å². The van der Waals surface area contributed by atoms with Crippen LogP contribution in [0.15, 0.2) is 48.5 Å². The molecule has 0 aromatic heterocycles. The van der Waals surface area contributed by atoms with E-state index in [1.807, 2.05) is 37.3 Å². The molecule has 0 saturated carbocycles. The number of esters is 1. The third kappa shape index (κ3) is 2.88. The minimum Gasteiger partial charge on any atom is -0.465 e. The number of nitrogens with one attached hydrogen (secondary N) is 1. The van der Waals surface area contributed by atoms with Gasteiger partial charge in [0.05, 0.1) is 12.7 Å². The maximum Gasteiger partial charge on any atom is 0.337 e. The maximum absolute atomic E-state index is 11.3. The van der Waals surface area contributed by atoms with E-state index >= 15 is 0 Å². The molecule has 0 saturated heterocycles. The lowest BCUT2D eigenvalue weighted by molar-refractivity contribution is 0.0601. The molecule has 92 valence electrons. The summed E-state index contributed by atoms with van der Waals surface area (Å²) in [5, 5.41) is 3.28. The Kier molecular flexibility index (Phi) is 3.63. The Balaban J connectivity index is 2.13. The number of aryl methyl sites for hydroxylation is 1. The smallest absolute Gasteiger partial charge is 0.337 e. The molecule has 2 rings (SSSR count). The molecular formula is C15H15NO2. The monoisotopic (exact) mass is 241 g/mol. The normalized spacial score (nSPS) is 9.89. The van der Waals surface area contributed by atoms with Crippen LogP contribution in [0.1, 0.15) is 15.9 Å². The Morgan fingerprint density at radius 3 is 2.39 bits per heavy atom. The second kappa shape index (κ2) is 5.36. The van der Waals surface area contributed by atoms with Crippen molar-refractivity contribution in [3.05, 3.63) is 59.7 Å². The van der Waals surface area contributed by atoms with Crippen molar-refractivity contribution in [3.8, 4) is 0 Å². The second-order valence-corrected chi connectivity index (χ2v) is 4.06. The molecule has 2 aromatic rings. The van der Waals surface area contributed by atoms with E-state index in [2.05, 4.69) is 16.1 Å². The minimum atomic E-state index is -0.322. The van der Waals surface area contributed by atoms with Crippen molar-refractivity contribution in [1.29, 1.82) is 0 Å². The number of ether oxygens (including phenoxy) is 1. The molecule has 2 aromatic carbocycles. The molecule has 0 atom stereocenters. The zero-order valence-corrected chi connectivity index (χ0v) is 10.4. The van der Waals surface area contributed by atoms with Crippen LogP contribution in [-0.4, -0.2) is 13.1 Å². The number of benzene rings is 2. The summed E-state index contributed by atoms with van der Waals surface area (Å²) in [6.07, 6.45) is 0. The summed E-state index contributed by atoms with van der Waals surface area (Å²) in [5.74, 6) is -0.322. The molecule has 0 bridgehead atoms. The summed E-state index contributed by atoms with van der Waals surface area (Å²) in [6.45, 7) is 2.05. The van der Waals surface area contributed by atoms with Crippen LogP contribution >= 0.6 is 0 Å². The number of methoxy groups -OCH3 is 1. The number of carbonyl (C=O) groups excluding carboxylic acids is 1. The number of rotatable bonds is 3. The third-order valence-electron chi connectivity index (χ3n) is 2.61. The summed E-state index contributed by atoms with van der Waals surface area (Å²) < 4.78 is 4.65. The summed E-state index contributed by atoms with van der Waals surface area (Å²) in [4.78, 5) is 11.3. The van der Waals surface area contributed by atoms with Gasteiger partial charge in [-0.15, -0.1) is 0 Å². The average molecular weight is 241 g/mol. The first kappa shape index (κ1) is 12.2. The molecule has 3 heteroatoms. The van der Waals surface area contributed by atoms with Gasteiger partial charge in [0.2, 0.25) is 0 Å². The first-order valence-electron chi connectivity index (χ1n) is 5.71. The molecular weight excluding hydrogens is 226 g/mol. The molecule has 18 heavy (non-hydrogen) atoms. The van der Waals surface area contributed by atoms with Crippen LogP contribution in [0.5, 0.6) is 0 Å². The quantitative estimate of drug-likeness (QED) is 0.835. The number of anilines is 2. The van der Waals surface area contributed by atoms with E-state index in [1.54, 1.807) is 12.1 Å². The van der Waals surface area contributed by atoms with Crippen LogP contribution in [0.2, 0.25) is 0 Å². The molecule has 3 nitrogen and oxygen atoms in total. The van der Waals surface area contributed by atoms with E-state index < -0.39 is 0 Å². The van der Waals surface area contributed by atoms with Gasteiger partial charge in [-0.1, -0.05) is 12.1 Å². The number of hydrogen-bond acceptors (Lipinski definition) is 3. The molecule has 0 aliphatic heterocycles. The van der Waals surface area contributed by atoms with Crippen LogP contribution in [0.25, 0.3) is 0 Å². The fraction of sp³-hybridized carbons (Fsp3) is 0.133. The highest BCUT2D eigenvalue weighted by molar-refractivity contribution is 5.89. The van der Waals surface area contributed by atoms with Crippen molar-refractivity contribution in [2.75, 3.05) is 12.4 Å². The van der Waals surface area contributed by atoms with Gasteiger partial charge in [0.1, 0.15) is 0 Å². The van der Waals surface area contributed by atoms with E-state index in [-0.39, 0.29) is 5.97 Å². The Hall–Kier alpha value is -2.29. The lowest BCUT2D eigenvalue weighted by Crippen LogP contribution is -2.00. The maximum atomic E-state index is 11.3. The van der Waals surface area contributed by atoms with Gasteiger partial charge in [0.15, 0.2) is 0 Å². The zero-order valence-electron chi connectivity index (χ0n) is 10.4. The van der Waals surface area contributed by atoms with Crippen LogP contribution in [0, 0.1) is 6.92 Å². The highest BCUT2D eigenvalue weighted by Gasteiger charge is 2.04. The highest BCUT2D eigenvalue weighted by atomic mass is 16.5. The van der Waals surface area contributed by atoms with Gasteiger partial charge in [0.25, 0.3) is 0 Å². The fourth-order valence-corrected chi connectivity index (χ4v) is 1.70. The van der Waals surface area contributed by atoms with Crippen LogP contribution < -0.4 is 5.32 Å². The lowest BCUT2D eigenvalue weighted by atomic mass is 10.2. The van der Waals surface area contributed by atoms with Gasteiger partial charge in [-0.2, -0.15) is 0 Å². The first-order chi connectivity index (χ1) is 8.69. The van der Waals surface area contributed by atoms with E-state index in [0.29, 0.717) is 5.56 Å². The van der Waals surface area contributed by atoms with Gasteiger partial charge in [-0.3, -0.25) is 0 Å². The fourth-order valence-electron chi connectivity index (χ4n) is 1.70. The van der Waals surface area contributed by atoms with Crippen molar-refractivity contribution in [3.63, 3.8) is 0 Å². The molecule has 0 radical (unpaired) electrons. The van der Waals surface area contributed by atoms with Gasteiger partial charge < -0.3 is 10.1 Å². The Morgan fingerprint density at radius 2 is 1.78 bits per heavy atom. The molecule has 1 N–H and O–H groups in total. The van der Waals surface area contributed by atoms with Gasteiger partial charge in [0, 0.05) is 11.4 Å². The summed E-state index contributed by atoms with van der Waals surface area (Å²) in [7, 11) is 1.38. The van der Waals surface area contributed by atoms with Crippen LogP contribution in [0.4, 0.5) is 11.4 Å². The summed E-state index contributed by atoms with van der Waals surface area (Å²) in [6, 6.07) is 15.3. The largest absolute Gasteiger partial charge is 0.465 e. The van der Waals surface area contributed by atoms with Crippen molar-refractivity contribution in [1.82, 2.24) is 0 Å². The molecule has 0 spiro atoms. The zero-order chi connectivity index (χ0) is 13.0. The minimum absolute atomic E-state index is 0.322. The molecule has 0 unspecified atom stereocenters. The van der Waals surface area contributed by atoms with Gasteiger partial charge in [-0.05, 0) is 48.9 Å². The summed E-state index contributed by atoms with van der Waals surface area (Å²) in [5.41, 5.74) is 3.72. The van der Waals surface area contributed by atoms with Crippen molar-refractivity contribution in [2.45, 2.75) is 6.92 Å². The number of hydrogen-bond donors (Lipinski definition) is 1. The third-order valence-corrected chi connectivity index (χ3v) is 2.61. The molecule has 0 fully saturated rings. The highest BCUT2D eigenvalue weighted by Crippen LogP contribution is 2.18. The van der Waals surface area contributed by atoms with E-state index in [9.17, 15) is 4.79 Å². The van der Waals surface area contributed by atoms with Crippen LogP contribution in [0.3, 0.4) is 0 Å². The Bertz CT molecular complexity index is 547. The Morgan fingerprint density at radius 1 is 1.06 bits per heavy atom. The van der Waals surface area contributed by atoms with Crippen molar-refractivity contribution >= 4 is 17.3 Å². The molecule has 0 heterocycles. The van der Waals surface area contributed by atoms with Gasteiger partial charge >= 0.3 is 5.97 Å². The SMILES string of the molecule is COC(=O)c1ccc(Nc2cccc(C)c2)cc1. The molecule has 0 aliphatic carbocycles. The number of carbonyl (C=O) groups is 1. The standard InChI is InChI=1S/C15H15NO2/c1-11-4-3-5-14(10-11)16-13-8-6-12(7-9-13)15(17)18-2/h3-10,16H,1-2H3. The Labute approximate surface area is 106 Å². The predicted molar refractivity (Wildman–Crippen MR) is 72.2 cm³/mol. The van der Waals surface area contributed by atoms with Crippen LogP contribution in [-0.2, 0) is 4.74 Å². The van der Waals surface area contributed by atoms with Gasteiger partial charge in [-0.25, -0.2) is 4.79 Å². The second-order valence-electron chi connectivity index (χ2n) is 4.06. The molecule has 0 aliphatic rings. The van der Waals surface area contributed by atoms with E-state index in [1.165, 1.54) is 12.7 Å². The summed E-state index contributed by atoms with van der Waals surface area (Å²) >= 11 is 0. The van der Waals surface area contributed by atoms with E-state index in [4.69, 9.17) is 0 Å². The topological polar surface area (TPSA) is 38.3 Å².